The van der Waals surface area contributed by atoms with Gasteiger partial charge in [0, 0.05) is 20.1 Å². The van der Waals surface area contributed by atoms with Crippen LogP contribution >= 0.6 is 46.4 Å². The molecular weight excluding hydrogens is 618 g/mol. The maximum atomic E-state index is 11.7. The van der Waals surface area contributed by atoms with Crippen molar-refractivity contribution in [2.45, 2.75) is 24.3 Å². The first-order valence-electron chi connectivity index (χ1n) is 13.1. The lowest BCUT2D eigenvalue weighted by Gasteiger charge is -2.33. The molecule has 2 aliphatic heterocycles. The van der Waals surface area contributed by atoms with E-state index in [9.17, 15) is 9.59 Å². The van der Waals surface area contributed by atoms with Crippen molar-refractivity contribution >= 4 is 58.2 Å². The monoisotopic (exact) mass is 642 g/mol. The predicted molar refractivity (Wildman–Crippen MR) is 165 cm³/mol. The molecule has 4 atom stereocenters. The number of hydrogen-bond acceptors (Lipinski definition) is 4. The van der Waals surface area contributed by atoms with Gasteiger partial charge in [-0.2, -0.15) is 0 Å². The van der Waals surface area contributed by atoms with Crippen LogP contribution in [0.1, 0.15) is 46.5 Å². The standard InChI is InChI=1S/2C16H13Cl2NO2/c2*17-12-5-1-10(2-6-12)15-16(21-9-14(20)19-15)11-3-7-13(18)8-4-11/h2*1-8,15-16H,9H2,(H,19,20)/t15?,16-;15-,16+/m11/s1. The number of morpholine rings is 2. The molecule has 2 aliphatic rings. The first kappa shape index (κ1) is 30.4. The Morgan fingerprint density at radius 2 is 0.714 bits per heavy atom. The molecule has 2 saturated heterocycles. The minimum atomic E-state index is -0.249. The summed E-state index contributed by atoms with van der Waals surface area (Å²) in [5.74, 6) is -0.250. The number of halogens is 4. The number of hydrogen-bond donors (Lipinski definition) is 2. The average Bonchev–Trinajstić information content (AvgIpc) is 2.99. The summed E-state index contributed by atoms with van der Waals surface area (Å²) in [4.78, 5) is 23.3. The number of ether oxygens (including phenoxy) is 2. The van der Waals surface area contributed by atoms with Gasteiger partial charge in [0.2, 0.25) is 11.8 Å². The predicted octanol–water partition coefficient (Wildman–Crippen LogP) is 7.84. The summed E-state index contributed by atoms with van der Waals surface area (Å²) in [6.07, 6.45) is -0.498. The maximum absolute atomic E-state index is 11.7. The van der Waals surface area contributed by atoms with E-state index in [1.54, 1.807) is 24.3 Å². The third-order valence-corrected chi connectivity index (χ3v) is 7.89. The summed E-state index contributed by atoms with van der Waals surface area (Å²) in [5, 5.41) is 8.60. The minimum Gasteiger partial charge on any atom is -0.361 e. The van der Waals surface area contributed by atoms with E-state index >= 15 is 0 Å². The van der Waals surface area contributed by atoms with Gasteiger partial charge in [0.1, 0.15) is 25.4 Å². The Labute approximate surface area is 263 Å². The molecule has 0 aromatic heterocycles. The van der Waals surface area contributed by atoms with E-state index in [0.29, 0.717) is 20.1 Å². The van der Waals surface area contributed by atoms with Crippen molar-refractivity contribution in [1.29, 1.82) is 0 Å². The number of carbonyl (C=O) groups excluding carboxylic acids is 2. The molecule has 0 radical (unpaired) electrons. The van der Waals surface area contributed by atoms with Crippen molar-refractivity contribution in [3.63, 3.8) is 0 Å². The van der Waals surface area contributed by atoms with Crippen molar-refractivity contribution in [3.8, 4) is 0 Å². The van der Waals surface area contributed by atoms with Gasteiger partial charge in [0.05, 0.1) is 12.1 Å². The SMILES string of the molecule is O=C1CO[C@@H](c2ccc(Cl)cc2)[C@@H](c2ccc(Cl)cc2)N1.O=C1CO[C@H](c2ccc(Cl)cc2)C(c2ccc(Cl)cc2)N1. The molecule has 2 N–H and O–H groups in total. The van der Waals surface area contributed by atoms with Crippen LogP contribution in [0.25, 0.3) is 0 Å². The zero-order chi connectivity index (χ0) is 29.6. The Bertz CT molecular complexity index is 1400. The lowest BCUT2D eigenvalue weighted by Crippen LogP contribution is -2.41. The average molecular weight is 644 g/mol. The van der Waals surface area contributed by atoms with Crippen LogP contribution < -0.4 is 10.6 Å². The molecule has 6 rings (SSSR count). The van der Waals surface area contributed by atoms with Crippen molar-refractivity contribution in [1.82, 2.24) is 10.6 Å². The molecule has 0 bridgehead atoms. The summed E-state index contributed by atoms with van der Waals surface area (Å²) >= 11 is 23.7. The minimum absolute atomic E-state index is 0.0530. The summed E-state index contributed by atoms with van der Waals surface area (Å²) < 4.78 is 11.5. The molecule has 10 heteroatoms. The molecular formula is C32H26Cl4N2O4. The van der Waals surface area contributed by atoms with Crippen LogP contribution in [0.2, 0.25) is 20.1 Å². The summed E-state index contributed by atoms with van der Waals surface area (Å²) in [6, 6.07) is 29.2. The van der Waals surface area contributed by atoms with Crippen LogP contribution in [-0.2, 0) is 19.1 Å². The topological polar surface area (TPSA) is 76.7 Å². The Morgan fingerprint density at radius 3 is 1.00 bits per heavy atom. The Kier molecular flexibility index (Phi) is 10.1. The fraction of sp³-hybridized carbons (Fsp3) is 0.188. The largest absolute Gasteiger partial charge is 0.361 e. The van der Waals surface area contributed by atoms with E-state index in [1.165, 1.54) is 0 Å². The number of amides is 2. The molecule has 2 amide bonds. The second-order valence-electron chi connectivity index (χ2n) is 9.76. The number of rotatable bonds is 4. The highest BCUT2D eigenvalue weighted by Crippen LogP contribution is 2.36. The van der Waals surface area contributed by atoms with Crippen LogP contribution in [0.15, 0.2) is 97.1 Å². The maximum Gasteiger partial charge on any atom is 0.246 e. The van der Waals surface area contributed by atoms with Crippen molar-refractivity contribution < 1.29 is 19.1 Å². The van der Waals surface area contributed by atoms with Gasteiger partial charge in [-0.05, 0) is 70.8 Å². The number of carbonyl (C=O) groups is 2. The van der Waals surface area contributed by atoms with Crippen LogP contribution in [-0.4, -0.2) is 25.0 Å². The van der Waals surface area contributed by atoms with E-state index in [1.807, 2.05) is 72.8 Å². The van der Waals surface area contributed by atoms with Crippen molar-refractivity contribution in [2.75, 3.05) is 13.2 Å². The summed E-state index contributed by atoms with van der Waals surface area (Å²) in [6.45, 7) is 0.106. The van der Waals surface area contributed by atoms with Gasteiger partial charge in [0.15, 0.2) is 0 Å². The van der Waals surface area contributed by atoms with E-state index in [0.717, 1.165) is 22.3 Å². The zero-order valence-corrected chi connectivity index (χ0v) is 25.1. The smallest absolute Gasteiger partial charge is 0.246 e. The highest BCUT2D eigenvalue weighted by Gasteiger charge is 2.33. The molecule has 6 nitrogen and oxygen atoms in total. The van der Waals surface area contributed by atoms with E-state index in [-0.39, 0.29) is 49.3 Å². The van der Waals surface area contributed by atoms with Crippen LogP contribution in [0.5, 0.6) is 0 Å². The molecule has 4 aromatic rings. The lowest BCUT2D eigenvalue weighted by atomic mass is 9.94. The molecule has 0 aliphatic carbocycles. The van der Waals surface area contributed by atoms with Gasteiger partial charge < -0.3 is 20.1 Å². The molecule has 1 unspecified atom stereocenters. The van der Waals surface area contributed by atoms with Gasteiger partial charge >= 0.3 is 0 Å². The molecule has 216 valence electrons. The summed E-state index contributed by atoms with van der Waals surface area (Å²) in [7, 11) is 0. The molecule has 2 fully saturated rings. The van der Waals surface area contributed by atoms with Gasteiger partial charge in [-0.25, -0.2) is 0 Å². The first-order valence-corrected chi connectivity index (χ1v) is 14.6. The van der Waals surface area contributed by atoms with E-state index in [4.69, 9.17) is 55.9 Å². The van der Waals surface area contributed by atoms with Gasteiger partial charge in [0.25, 0.3) is 0 Å². The van der Waals surface area contributed by atoms with Crippen LogP contribution in [0, 0.1) is 0 Å². The quantitative estimate of drug-likeness (QED) is 0.238. The second kappa shape index (κ2) is 13.9. The Balaban J connectivity index is 0.000000168. The van der Waals surface area contributed by atoms with Gasteiger partial charge in [-0.15, -0.1) is 0 Å². The Hall–Kier alpha value is -3.10. The molecule has 0 spiro atoms. The molecule has 42 heavy (non-hydrogen) atoms. The first-order chi connectivity index (χ1) is 20.3. The third-order valence-electron chi connectivity index (χ3n) is 6.88. The van der Waals surface area contributed by atoms with E-state index in [2.05, 4.69) is 10.6 Å². The highest BCUT2D eigenvalue weighted by molar-refractivity contribution is 6.31. The summed E-state index contributed by atoms with van der Waals surface area (Å²) in [5.41, 5.74) is 3.85. The molecule has 0 saturated carbocycles. The fourth-order valence-electron chi connectivity index (χ4n) is 4.84. The second-order valence-corrected chi connectivity index (χ2v) is 11.5. The zero-order valence-electron chi connectivity index (χ0n) is 22.1. The number of benzene rings is 4. The lowest BCUT2D eigenvalue weighted by molar-refractivity contribution is -0.138. The number of nitrogens with one attached hydrogen (secondary N) is 2. The molecule has 4 aromatic carbocycles. The molecule has 2 heterocycles. The van der Waals surface area contributed by atoms with Gasteiger partial charge in [-0.3, -0.25) is 9.59 Å². The van der Waals surface area contributed by atoms with Crippen LogP contribution in [0.4, 0.5) is 0 Å². The van der Waals surface area contributed by atoms with Crippen molar-refractivity contribution in [2.24, 2.45) is 0 Å². The third kappa shape index (κ3) is 7.64. The highest BCUT2D eigenvalue weighted by atomic mass is 35.5. The fourth-order valence-corrected chi connectivity index (χ4v) is 5.35. The van der Waals surface area contributed by atoms with E-state index < -0.39 is 0 Å². The van der Waals surface area contributed by atoms with Crippen LogP contribution in [0.3, 0.4) is 0 Å². The Morgan fingerprint density at radius 1 is 0.452 bits per heavy atom. The van der Waals surface area contributed by atoms with Gasteiger partial charge in [-0.1, -0.05) is 94.9 Å². The normalized spacial score (nSPS) is 21.9. The van der Waals surface area contributed by atoms with Crippen molar-refractivity contribution in [3.05, 3.63) is 139 Å².